The number of hydrogen-bond acceptors (Lipinski definition) is 4. The first kappa shape index (κ1) is 21.8. The van der Waals surface area contributed by atoms with Crippen molar-refractivity contribution in [3.05, 3.63) is 92.7 Å². The highest BCUT2D eigenvalue weighted by Gasteiger charge is 2.12. The number of carbonyl (C=O) groups excluding carboxylic acids is 1. The molecule has 0 bridgehead atoms. The second kappa shape index (κ2) is 10.2. The van der Waals surface area contributed by atoms with Crippen molar-refractivity contribution in [1.29, 1.82) is 0 Å². The number of ether oxygens (including phenoxy) is 2. The number of nitrogens with one attached hydrogen (secondary N) is 1. The van der Waals surface area contributed by atoms with Gasteiger partial charge in [0.15, 0.2) is 11.5 Å². The smallest absolute Gasteiger partial charge is 0.271 e. The number of nitrogens with zero attached hydrogens (tertiary/aromatic N) is 1. The molecule has 8 heteroatoms. The lowest BCUT2D eigenvalue weighted by atomic mass is 10.2. The Labute approximate surface area is 186 Å². The third-order valence-electron chi connectivity index (χ3n) is 4.07. The topological polar surface area (TPSA) is 59.9 Å². The number of hydrazone groups is 1. The van der Waals surface area contributed by atoms with E-state index >= 15 is 0 Å². The molecule has 1 N–H and O–H groups in total. The van der Waals surface area contributed by atoms with Gasteiger partial charge in [-0.1, -0.05) is 29.8 Å². The predicted octanol–water partition coefficient (Wildman–Crippen LogP) is 5.59. The lowest BCUT2D eigenvalue weighted by molar-refractivity contribution is 0.0955. The molecule has 0 aliphatic carbocycles. The Morgan fingerprint density at radius 2 is 1.93 bits per heavy atom. The molecule has 1 amide bonds. The Kier molecular flexibility index (Phi) is 7.43. The van der Waals surface area contributed by atoms with E-state index < -0.39 is 11.7 Å². The molecule has 30 heavy (non-hydrogen) atoms. The molecule has 0 aliphatic heterocycles. The third-order valence-corrected chi connectivity index (χ3v) is 5.03. The van der Waals surface area contributed by atoms with E-state index in [0.29, 0.717) is 32.1 Å². The molecule has 3 rings (SSSR count). The van der Waals surface area contributed by atoms with Crippen LogP contribution in [0.4, 0.5) is 4.39 Å². The number of methoxy groups -OCH3 is 1. The number of benzene rings is 3. The van der Waals surface area contributed by atoms with Crippen LogP contribution in [0.3, 0.4) is 0 Å². The normalized spacial score (nSPS) is 10.8. The van der Waals surface area contributed by atoms with Gasteiger partial charge in [-0.25, -0.2) is 9.82 Å². The summed E-state index contributed by atoms with van der Waals surface area (Å²) in [4.78, 5) is 12.0. The van der Waals surface area contributed by atoms with Crippen LogP contribution in [0, 0.1) is 5.82 Å². The first-order valence-corrected chi connectivity index (χ1v) is 9.97. The molecular weight excluding hydrogens is 475 g/mol. The predicted molar refractivity (Wildman–Crippen MR) is 118 cm³/mol. The van der Waals surface area contributed by atoms with Crippen molar-refractivity contribution in [2.45, 2.75) is 6.61 Å². The molecule has 0 heterocycles. The SMILES string of the molecule is COc1cc(C=NNC(=O)c2ccc(F)cc2)cc(Br)c1OCc1ccccc1Cl. The van der Waals surface area contributed by atoms with Gasteiger partial charge in [0.2, 0.25) is 0 Å². The van der Waals surface area contributed by atoms with Crippen LogP contribution in [0.5, 0.6) is 11.5 Å². The van der Waals surface area contributed by atoms with Gasteiger partial charge in [0.25, 0.3) is 5.91 Å². The molecule has 3 aromatic carbocycles. The number of rotatable bonds is 7. The number of amides is 1. The van der Waals surface area contributed by atoms with Gasteiger partial charge < -0.3 is 9.47 Å². The first-order valence-electron chi connectivity index (χ1n) is 8.80. The molecule has 0 unspecified atom stereocenters. The van der Waals surface area contributed by atoms with Gasteiger partial charge in [0, 0.05) is 16.1 Å². The monoisotopic (exact) mass is 490 g/mol. The van der Waals surface area contributed by atoms with Crippen molar-refractivity contribution >= 4 is 39.7 Å². The van der Waals surface area contributed by atoms with Gasteiger partial charge in [-0.05, 0) is 64.0 Å². The van der Waals surface area contributed by atoms with E-state index in [2.05, 4.69) is 26.5 Å². The Hall–Kier alpha value is -2.90. The molecule has 0 saturated heterocycles. The first-order chi connectivity index (χ1) is 14.5. The average molecular weight is 492 g/mol. The van der Waals surface area contributed by atoms with Crippen LogP contribution in [-0.2, 0) is 6.61 Å². The minimum absolute atomic E-state index is 0.274. The molecule has 0 aromatic heterocycles. The fraction of sp³-hybridized carbons (Fsp3) is 0.0909. The maximum Gasteiger partial charge on any atom is 0.271 e. The Morgan fingerprint density at radius 3 is 2.63 bits per heavy atom. The summed E-state index contributed by atoms with van der Waals surface area (Å²) in [6.07, 6.45) is 1.46. The Bertz CT molecular complexity index is 1070. The maximum atomic E-state index is 12.9. The zero-order valence-corrected chi connectivity index (χ0v) is 18.2. The molecule has 0 spiro atoms. The van der Waals surface area contributed by atoms with Crippen LogP contribution < -0.4 is 14.9 Å². The van der Waals surface area contributed by atoms with E-state index in [1.165, 1.54) is 37.6 Å². The zero-order valence-electron chi connectivity index (χ0n) is 15.9. The minimum Gasteiger partial charge on any atom is -0.493 e. The van der Waals surface area contributed by atoms with Crippen LogP contribution in [0.15, 0.2) is 70.2 Å². The largest absolute Gasteiger partial charge is 0.493 e. The lowest BCUT2D eigenvalue weighted by Gasteiger charge is -2.14. The van der Waals surface area contributed by atoms with E-state index in [4.69, 9.17) is 21.1 Å². The van der Waals surface area contributed by atoms with E-state index in [9.17, 15) is 9.18 Å². The summed E-state index contributed by atoms with van der Waals surface area (Å²) in [5.74, 6) is 0.147. The number of carbonyl (C=O) groups is 1. The van der Waals surface area contributed by atoms with Crippen LogP contribution in [0.2, 0.25) is 5.02 Å². The van der Waals surface area contributed by atoms with Gasteiger partial charge in [0.1, 0.15) is 12.4 Å². The quantitative estimate of drug-likeness (QED) is 0.346. The van der Waals surface area contributed by atoms with Gasteiger partial charge in [-0.15, -0.1) is 0 Å². The zero-order chi connectivity index (χ0) is 21.5. The molecule has 0 saturated carbocycles. The maximum absolute atomic E-state index is 12.9. The molecule has 0 fully saturated rings. The van der Waals surface area contributed by atoms with Crippen LogP contribution in [0.1, 0.15) is 21.5 Å². The molecule has 5 nitrogen and oxygen atoms in total. The third kappa shape index (κ3) is 5.58. The van der Waals surface area contributed by atoms with Crippen molar-refractivity contribution in [1.82, 2.24) is 5.43 Å². The summed E-state index contributed by atoms with van der Waals surface area (Å²) in [6, 6.07) is 16.1. The van der Waals surface area contributed by atoms with Gasteiger partial charge in [-0.2, -0.15) is 5.10 Å². The Morgan fingerprint density at radius 1 is 1.20 bits per heavy atom. The van der Waals surface area contributed by atoms with Crippen molar-refractivity contribution < 1.29 is 18.7 Å². The molecule has 0 radical (unpaired) electrons. The van der Waals surface area contributed by atoms with Gasteiger partial charge >= 0.3 is 0 Å². The summed E-state index contributed by atoms with van der Waals surface area (Å²) in [6.45, 7) is 0.274. The Balaban J connectivity index is 1.70. The summed E-state index contributed by atoms with van der Waals surface area (Å²) in [5, 5.41) is 4.56. The van der Waals surface area contributed by atoms with E-state index in [0.717, 1.165) is 5.56 Å². The van der Waals surface area contributed by atoms with Gasteiger partial charge in [-0.3, -0.25) is 4.79 Å². The van der Waals surface area contributed by atoms with Crippen molar-refractivity contribution in [3.8, 4) is 11.5 Å². The fourth-order valence-electron chi connectivity index (χ4n) is 2.55. The molecule has 0 aliphatic rings. The summed E-state index contributed by atoms with van der Waals surface area (Å²) in [5.41, 5.74) is 4.22. The van der Waals surface area contributed by atoms with Crippen molar-refractivity contribution in [3.63, 3.8) is 0 Å². The van der Waals surface area contributed by atoms with E-state index in [1.807, 2.05) is 18.2 Å². The van der Waals surface area contributed by atoms with Crippen LogP contribution >= 0.6 is 27.5 Å². The van der Waals surface area contributed by atoms with E-state index in [-0.39, 0.29) is 6.61 Å². The lowest BCUT2D eigenvalue weighted by Crippen LogP contribution is -2.17. The summed E-state index contributed by atoms with van der Waals surface area (Å²) in [7, 11) is 1.53. The second-order valence-electron chi connectivity index (χ2n) is 6.12. The molecular formula is C22H17BrClFN2O3. The summed E-state index contributed by atoms with van der Waals surface area (Å²) >= 11 is 9.64. The van der Waals surface area contributed by atoms with Gasteiger partial charge in [0.05, 0.1) is 17.8 Å². The highest BCUT2D eigenvalue weighted by molar-refractivity contribution is 9.10. The standard InChI is InChI=1S/C22H17BrClFN2O3/c1-29-20-11-14(12-26-27-22(28)15-6-8-17(25)9-7-15)10-18(23)21(20)30-13-16-4-2-3-5-19(16)24/h2-12H,13H2,1H3,(H,27,28). The van der Waals surface area contributed by atoms with Crippen LogP contribution in [0.25, 0.3) is 0 Å². The average Bonchev–Trinajstić information content (AvgIpc) is 2.74. The summed E-state index contributed by atoms with van der Waals surface area (Å²) < 4.78 is 24.9. The highest BCUT2D eigenvalue weighted by Crippen LogP contribution is 2.37. The fourth-order valence-corrected chi connectivity index (χ4v) is 3.32. The van der Waals surface area contributed by atoms with Crippen LogP contribution in [-0.4, -0.2) is 19.2 Å². The molecule has 0 atom stereocenters. The second-order valence-corrected chi connectivity index (χ2v) is 7.38. The highest BCUT2D eigenvalue weighted by atomic mass is 79.9. The van der Waals surface area contributed by atoms with Crippen molar-refractivity contribution in [2.75, 3.05) is 7.11 Å². The number of halogens is 3. The molecule has 3 aromatic rings. The van der Waals surface area contributed by atoms with E-state index in [1.54, 1.807) is 18.2 Å². The molecule has 154 valence electrons. The van der Waals surface area contributed by atoms with Crippen molar-refractivity contribution in [2.24, 2.45) is 5.10 Å². The minimum atomic E-state index is -0.447. The number of hydrogen-bond donors (Lipinski definition) is 1.